The molecule has 0 atom stereocenters. The van der Waals surface area contributed by atoms with Gasteiger partial charge in [0.05, 0.1) is 0 Å². The van der Waals surface area contributed by atoms with Crippen LogP contribution in [0.25, 0.3) is 5.82 Å². The minimum absolute atomic E-state index is 0.0230. The van der Waals surface area contributed by atoms with E-state index < -0.39 is 0 Å². The highest BCUT2D eigenvalue weighted by atomic mass is 79.9. The van der Waals surface area contributed by atoms with E-state index in [9.17, 15) is 4.79 Å². The molecule has 0 saturated heterocycles. The number of nitrogens with one attached hydrogen (secondary N) is 1. The first kappa shape index (κ1) is 17.7. The first-order chi connectivity index (χ1) is 12.2. The molecule has 0 fully saturated rings. The number of carbonyl (C=O) groups is 1. The molecule has 25 heavy (non-hydrogen) atoms. The Hall–Kier alpha value is -2.12. The molecule has 7 heteroatoms. The number of nitrogens with zero attached hydrogens (tertiary/aromatic N) is 3. The number of benzene rings is 1. The maximum atomic E-state index is 12.1. The summed E-state index contributed by atoms with van der Waals surface area (Å²) in [6.07, 6.45) is 5.72. The minimum atomic E-state index is 0.0230. The Balaban J connectivity index is 1.51. The van der Waals surface area contributed by atoms with Gasteiger partial charge in [0.25, 0.3) is 0 Å². The number of pyridine rings is 1. The minimum Gasteiger partial charge on any atom is -0.352 e. The summed E-state index contributed by atoms with van der Waals surface area (Å²) >= 11 is 5.18. The second kappa shape index (κ2) is 8.82. The van der Waals surface area contributed by atoms with Crippen molar-refractivity contribution in [3.63, 3.8) is 0 Å². The average molecular weight is 417 g/mol. The standard InChI is InChI=1S/C18H17BrN4OS/c19-15-6-1-2-7-16(15)25-12-8-17(24)21-13-14-5-3-9-20-18(14)23-11-4-10-22-23/h1-7,9-11H,8,12-13H2,(H,21,24). The summed E-state index contributed by atoms with van der Waals surface area (Å²) in [5.74, 6) is 1.48. The fraction of sp³-hybridized carbons (Fsp3) is 0.167. The number of hydrogen-bond donors (Lipinski definition) is 1. The van der Waals surface area contributed by atoms with Crippen LogP contribution in [0.5, 0.6) is 0 Å². The number of thioether (sulfide) groups is 1. The van der Waals surface area contributed by atoms with Gasteiger partial charge in [-0.05, 0) is 40.2 Å². The lowest BCUT2D eigenvalue weighted by Gasteiger charge is -2.10. The van der Waals surface area contributed by atoms with Crippen molar-refractivity contribution in [3.05, 3.63) is 71.1 Å². The van der Waals surface area contributed by atoms with Gasteiger partial charge in [-0.2, -0.15) is 5.10 Å². The molecular weight excluding hydrogens is 400 g/mol. The molecule has 2 heterocycles. The summed E-state index contributed by atoms with van der Waals surface area (Å²) in [7, 11) is 0. The summed E-state index contributed by atoms with van der Waals surface area (Å²) in [6, 6.07) is 13.7. The quantitative estimate of drug-likeness (QED) is 0.594. The molecule has 1 N–H and O–H groups in total. The van der Waals surface area contributed by atoms with Crippen molar-refractivity contribution in [1.82, 2.24) is 20.1 Å². The van der Waals surface area contributed by atoms with Gasteiger partial charge in [-0.3, -0.25) is 4.79 Å². The van der Waals surface area contributed by atoms with Gasteiger partial charge in [-0.1, -0.05) is 18.2 Å². The molecule has 128 valence electrons. The third-order valence-electron chi connectivity index (χ3n) is 3.49. The predicted molar refractivity (Wildman–Crippen MR) is 103 cm³/mol. The van der Waals surface area contributed by atoms with Crippen LogP contribution in [0, 0.1) is 0 Å². The number of carbonyl (C=O) groups excluding carboxylic acids is 1. The van der Waals surface area contributed by atoms with E-state index in [4.69, 9.17) is 0 Å². The molecule has 1 aromatic carbocycles. The van der Waals surface area contributed by atoms with Crippen molar-refractivity contribution in [3.8, 4) is 5.82 Å². The van der Waals surface area contributed by atoms with E-state index >= 15 is 0 Å². The summed E-state index contributed by atoms with van der Waals surface area (Å²) in [4.78, 5) is 17.6. The third kappa shape index (κ3) is 4.93. The maximum Gasteiger partial charge on any atom is 0.221 e. The van der Waals surface area contributed by atoms with Crippen LogP contribution < -0.4 is 5.32 Å². The molecule has 0 spiro atoms. The largest absolute Gasteiger partial charge is 0.352 e. The Bertz CT molecular complexity index is 839. The van der Waals surface area contributed by atoms with E-state index in [1.54, 1.807) is 28.8 Å². The summed E-state index contributed by atoms with van der Waals surface area (Å²) in [5, 5.41) is 7.16. The fourth-order valence-electron chi connectivity index (χ4n) is 2.27. The van der Waals surface area contributed by atoms with Crippen LogP contribution in [0.1, 0.15) is 12.0 Å². The first-order valence-corrected chi connectivity index (χ1v) is 9.60. The van der Waals surface area contributed by atoms with Crippen LogP contribution in [0.3, 0.4) is 0 Å². The van der Waals surface area contributed by atoms with E-state index in [1.165, 1.54) is 0 Å². The van der Waals surface area contributed by atoms with Crippen molar-refractivity contribution in [1.29, 1.82) is 0 Å². The van der Waals surface area contributed by atoms with Gasteiger partial charge in [-0.15, -0.1) is 11.8 Å². The van der Waals surface area contributed by atoms with Crippen LogP contribution >= 0.6 is 27.7 Å². The van der Waals surface area contributed by atoms with Gasteiger partial charge in [0.2, 0.25) is 5.91 Å². The van der Waals surface area contributed by atoms with Crippen LogP contribution in [0.15, 0.2) is 70.4 Å². The number of amides is 1. The van der Waals surface area contributed by atoms with Crippen LogP contribution in [-0.2, 0) is 11.3 Å². The zero-order valence-electron chi connectivity index (χ0n) is 13.4. The number of aromatic nitrogens is 3. The van der Waals surface area contributed by atoms with Crippen LogP contribution in [0.2, 0.25) is 0 Å². The smallest absolute Gasteiger partial charge is 0.221 e. The lowest BCUT2D eigenvalue weighted by atomic mass is 10.2. The van der Waals surface area contributed by atoms with Crippen LogP contribution in [0.4, 0.5) is 0 Å². The first-order valence-electron chi connectivity index (χ1n) is 7.82. The molecule has 2 aromatic heterocycles. The van der Waals surface area contributed by atoms with Crippen molar-refractivity contribution < 1.29 is 4.79 Å². The third-order valence-corrected chi connectivity index (χ3v) is 5.52. The Morgan fingerprint density at radius 2 is 2.04 bits per heavy atom. The van der Waals surface area contributed by atoms with Gasteiger partial charge >= 0.3 is 0 Å². The highest BCUT2D eigenvalue weighted by molar-refractivity contribution is 9.10. The Morgan fingerprint density at radius 3 is 2.84 bits per heavy atom. The molecule has 0 aliphatic heterocycles. The summed E-state index contributed by atoms with van der Waals surface area (Å²) < 4.78 is 2.75. The molecule has 0 radical (unpaired) electrons. The predicted octanol–water partition coefficient (Wildman–Crippen LogP) is 3.83. The molecule has 0 saturated carbocycles. The van der Waals surface area contributed by atoms with Crippen molar-refractivity contribution >= 4 is 33.6 Å². The van der Waals surface area contributed by atoms with Gasteiger partial charge in [-0.25, -0.2) is 9.67 Å². The average Bonchev–Trinajstić information content (AvgIpc) is 3.16. The maximum absolute atomic E-state index is 12.1. The summed E-state index contributed by atoms with van der Waals surface area (Å²) in [5.41, 5.74) is 0.929. The lowest BCUT2D eigenvalue weighted by Crippen LogP contribution is -2.24. The second-order valence-corrected chi connectivity index (χ2v) is 7.23. The SMILES string of the molecule is O=C(CCSc1ccccc1Br)NCc1cccnc1-n1cccn1. The normalized spacial score (nSPS) is 10.6. The van der Waals surface area contributed by atoms with E-state index in [1.807, 2.05) is 48.7 Å². The Kier molecular flexibility index (Phi) is 6.25. The molecule has 0 aliphatic rings. The molecule has 3 aromatic rings. The molecular formula is C18H17BrN4OS. The summed E-state index contributed by atoms with van der Waals surface area (Å²) in [6.45, 7) is 0.432. The molecule has 0 aliphatic carbocycles. The van der Waals surface area contributed by atoms with Gasteiger partial charge < -0.3 is 5.32 Å². The molecule has 0 unspecified atom stereocenters. The van der Waals surface area contributed by atoms with Crippen molar-refractivity contribution in [2.75, 3.05) is 5.75 Å². The fourth-order valence-corrected chi connectivity index (χ4v) is 3.78. The zero-order valence-corrected chi connectivity index (χ0v) is 15.8. The van der Waals surface area contributed by atoms with E-state index in [2.05, 4.69) is 31.3 Å². The van der Waals surface area contributed by atoms with Crippen molar-refractivity contribution in [2.24, 2.45) is 0 Å². The van der Waals surface area contributed by atoms with E-state index in [0.717, 1.165) is 26.5 Å². The second-order valence-electron chi connectivity index (χ2n) is 5.24. The Labute approximate surface area is 159 Å². The highest BCUT2D eigenvalue weighted by Gasteiger charge is 2.08. The van der Waals surface area contributed by atoms with Gasteiger partial charge in [0, 0.05) is 52.2 Å². The molecule has 3 rings (SSSR count). The molecule has 0 bridgehead atoms. The van der Waals surface area contributed by atoms with Crippen LogP contribution in [-0.4, -0.2) is 26.4 Å². The molecule has 5 nitrogen and oxygen atoms in total. The highest BCUT2D eigenvalue weighted by Crippen LogP contribution is 2.27. The number of hydrogen-bond acceptors (Lipinski definition) is 4. The monoisotopic (exact) mass is 416 g/mol. The van der Waals surface area contributed by atoms with Gasteiger partial charge in [0.1, 0.15) is 0 Å². The Morgan fingerprint density at radius 1 is 1.16 bits per heavy atom. The zero-order chi connectivity index (χ0) is 17.5. The van der Waals surface area contributed by atoms with Crippen molar-refractivity contribution in [2.45, 2.75) is 17.9 Å². The van der Waals surface area contributed by atoms with E-state index in [-0.39, 0.29) is 5.91 Å². The molecule has 1 amide bonds. The number of rotatable bonds is 7. The van der Waals surface area contributed by atoms with E-state index in [0.29, 0.717) is 13.0 Å². The van der Waals surface area contributed by atoms with Gasteiger partial charge in [0.15, 0.2) is 5.82 Å². The number of halogens is 1. The topological polar surface area (TPSA) is 59.8 Å². The lowest BCUT2D eigenvalue weighted by molar-refractivity contribution is -0.120.